The summed E-state index contributed by atoms with van der Waals surface area (Å²) >= 11 is 0. The van der Waals surface area contributed by atoms with E-state index >= 15 is 0 Å². The molecule has 15 heavy (non-hydrogen) atoms. The van der Waals surface area contributed by atoms with Crippen molar-refractivity contribution in [2.24, 2.45) is 5.92 Å². The van der Waals surface area contributed by atoms with E-state index in [1.165, 1.54) is 32.1 Å². The molecule has 2 nitrogen and oxygen atoms in total. The molecule has 0 heterocycles. The molecule has 2 aliphatic carbocycles. The lowest BCUT2D eigenvalue weighted by Crippen LogP contribution is -2.33. The summed E-state index contributed by atoms with van der Waals surface area (Å²) in [5.41, 5.74) is 1.16. The van der Waals surface area contributed by atoms with E-state index in [0.29, 0.717) is 12.5 Å². The second-order valence-electron chi connectivity index (χ2n) is 4.97. The van der Waals surface area contributed by atoms with Crippen LogP contribution >= 0.6 is 0 Å². The first-order chi connectivity index (χ1) is 7.25. The molecule has 84 valence electrons. The van der Waals surface area contributed by atoms with Gasteiger partial charge in [0.1, 0.15) is 0 Å². The molecule has 0 aromatic heterocycles. The predicted molar refractivity (Wildman–Crippen MR) is 61.5 cm³/mol. The highest BCUT2D eigenvalue weighted by molar-refractivity contribution is 5.92. The Labute approximate surface area is 92.1 Å². The molecule has 0 amide bonds. The lowest BCUT2D eigenvalue weighted by molar-refractivity contribution is -0.114. The minimum Gasteiger partial charge on any atom is -0.385 e. The molecule has 1 fully saturated rings. The van der Waals surface area contributed by atoms with Gasteiger partial charge in [-0.2, -0.15) is 0 Å². The molecule has 0 saturated heterocycles. The first kappa shape index (κ1) is 10.7. The zero-order valence-corrected chi connectivity index (χ0v) is 9.59. The van der Waals surface area contributed by atoms with Crippen molar-refractivity contribution in [3.05, 3.63) is 11.8 Å². The second-order valence-corrected chi connectivity index (χ2v) is 4.97. The Morgan fingerprint density at radius 2 is 2.00 bits per heavy atom. The number of hydrogen-bond donors (Lipinski definition) is 1. The summed E-state index contributed by atoms with van der Waals surface area (Å²) in [7, 11) is 0. The highest BCUT2D eigenvalue weighted by Crippen LogP contribution is 2.27. The van der Waals surface area contributed by atoms with E-state index in [1.807, 2.05) is 0 Å². The standard InChI is InChI=1S/C13H21NO/c1-10(11-5-3-2-4-6-11)14-12-7-8-13(15)9-12/h9-11,14H,2-8H2,1H3. The fraction of sp³-hybridized carbons (Fsp3) is 0.769. The van der Waals surface area contributed by atoms with Gasteiger partial charge in [0, 0.05) is 24.2 Å². The van der Waals surface area contributed by atoms with Crippen LogP contribution in [0, 0.1) is 5.92 Å². The summed E-state index contributed by atoms with van der Waals surface area (Å²) in [6.45, 7) is 2.26. The fourth-order valence-corrected chi connectivity index (χ4v) is 2.75. The third-order valence-corrected chi connectivity index (χ3v) is 3.75. The summed E-state index contributed by atoms with van der Waals surface area (Å²) in [5, 5.41) is 3.52. The van der Waals surface area contributed by atoms with Crippen LogP contribution < -0.4 is 5.32 Å². The van der Waals surface area contributed by atoms with Crippen LogP contribution in [0.4, 0.5) is 0 Å². The van der Waals surface area contributed by atoms with Crippen molar-refractivity contribution in [3.8, 4) is 0 Å². The molecule has 0 bridgehead atoms. The molecule has 0 spiro atoms. The number of hydrogen-bond acceptors (Lipinski definition) is 2. The van der Waals surface area contributed by atoms with Gasteiger partial charge < -0.3 is 5.32 Å². The van der Waals surface area contributed by atoms with Crippen molar-refractivity contribution < 1.29 is 4.79 Å². The van der Waals surface area contributed by atoms with Gasteiger partial charge in [-0.25, -0.2) is 0 Å². The van der Waals surface area contributed by atoms with Crippen molar-refractivity contribution in [1.29, 1.82) is 0 Å². The second kappa shape index (κ2) is 4.82. The Kier molecular flexibility index (Phi) is 3.45. The lowest BCUT2D eigenvalue weighted by atomic mass is 9.84. The zero-order chi connectivity index (χ0) is 10.7. The summed E-state index contributed by atoms with van der Waals surface area (Å²) in [5.74, 6) is 1.10. The number of nitrogens with one attached hydrogen (secondary N) is 1. The van der Waals surface area contributed by atoms with E-state index in [9.17, 15) is 4.79 Å². The number of allylic oxidation sites excluding steroid dienone is 2. The molecule has 2 heteroatoms. The van der Waals surface area contributed by atoms with Crippen molar-refractivity contribution in [2.45, 2.75) is 57.9 Å². The fourth-order valence-electron chi connectivity index (χ4n) is 2.75. The van der Waals surface area contributed by atoms with Crippen molar-refractivity contribution in [1.82, 2.24) is 5.32 Å². The van der Waals surface area contributed by atoms with Gasteiger partial charge in [0.05, 0.1) is 0 Å². The van der Waals surface area contributed by atoms with Gasteiger partial charge in [0.25, 0.3) is 0 Å². The van der Waals surface area contributed by atoms with E-state index in [2.05, 4.69) is 12.2 Å². The largest absolute Gasteiger partial charge is 0.385 e. The number of carbonyl (C=O) groups excluding carboxylic acids is 1. The van der Waals surface area contributed by atoms with Crippen LogP contribution in [0.2, 0.25) is 0 Å². The van der Waals surface area contributed by atoms with E-state index in [0.717, 1.165) is 18.0 Å². The summed E-state index contributed by atoms with van der Waals surface area (Å²) in [6, 6.07) is 0.544. The van der Waals surface area contributed by atoms with Crippen LogP contribution in [0.1, 0.15) is 51.9 Å². The number of carbonyl (C=O) groups is 1. The Hall–Kier alpha value is -0.790. The van der Waals surface area contributed by atoms with Gasteiger partial charge in [0.15, 0.2) is 5.78 Å². The minimum absolute atomic E-state index is 0.286. The third kappa shape index (κ3) is 2.83. The maximum atomic E-state index is 11.1. The molecule has 1 atom stereocenters. The molecule has 1 saturated carbocycles. The molecule has 0 aromatic carbocycles. The predicted octanol–water partition coefficient (Wildman–Crippen LogP) is 2.79. The highest BCUT2D eigenvalue weighted by atomic mass is 16.1. The molecule has 0 radical (unpaired) electrons. The average molecular weight is 207 g/mol. The average Bonchev–Trinajstić information content (AvgIpc) is 2.65. The van der Waals surface area contributed by atoms with E-state index in [1.54, 1.807) is 6.08 Å². The van der Waals surface area contributed by atoms with Gasteiger partial charge in [-0.15, -0.1) is 0 Å². The Morgan fingerprint density at radius 3 is 2.60 bits per heavy atom. The van der Waals surface area contributed by atoms with Gasteiger partial charge in [-0.1, -0.05) is 19.3 Å². The summed E-state index contributed by atoms with van der Waals surface area (Å²) in [4.78, 5) is 11.1. The SMILES string of the molecule is CC(NC1=CC(=O)CC1)C1CCCCC1. The van der Waals surface area contributed by atoms with E-state index in [4.69, 9.17) is 0 Å². The van der Waals surface area contributed by atoms with E-state index < -0.39 is 0 Å². The van der Waals surface area contributed by atoms with Crippen molar-refractivity contribution in [2.75, 3.05) is 0 Å². The molecule has 0 aliphatic heterocycles. The quantitative estimate of drug-likeness (QED) is 0.771. The van der Waals surface area contributed by atoms with Gasteiger partial charge in [-0.3, -0.25) is 4.79 Å². The maximum Gasteiger partial charge on any atom is 0.157 e. The van der Waals surface area contributed by atoms with Crippen LogP contribution in [-0.2, 0) is 4.79 Å². The normalized spacial score (nSPS) is 25.1. The molecule has 1 unspecified atom stereocenters. The first-order valence-electron chi connectivity index (χ1n) is 6.25. The smallest absolute Gasteiger partial charge is 0.157 e. The summed E-state index contributed by atoms with van der Waals surface area (Å²) in [6.07, 6.45) is 10.3. The van der Waals surface area contributed by atoms with Gasteiger partial charge in [-0.05, 0) is 32.1 Å². The first-order valence-corrected chi connectivity index (χ1v) is 6.25. The highest BCUT2D eigenvalue weighted by Gasteiger charge is 2.21. The van der Waals surface area contributed by atoms with Gasteiger partial charge in [0.2, 0.25) is 0 Å². The van der Waals surface area contributed by atoms with Crippen LogP contribution in [0.15, 0.2) is 11.8 Å². The van der Waals surface area contributed by atoms with Crippen LogP contribution in [-0.4, -0.2) is 11.8 Å². The molecule has 0 aromatic rings. The lowest BCUT2D eigenvalue weighted by Gasteiger charge is -2.29. The Morgan fingerprint density at radius 1 is 1.27 bits per heavy atom. The van der Waals surface area contributed by atoms with E-state index in [-0.39, 0.29) is 5.78 Å². The van der Waals surface area contributed by atoms with Crippen LogP contribution in [0.3, 0.4) is 0 Å². The van der Waals surface area contributed by atoms with Gasteiger partial charge >= 0.3 is 0 Å². The molecular formula is C13H21NO. The maximum absolute atomic E-state index is 11.1. The van der Waals surface area contributed by atoms with Crippen LogP contribution in [0.5, 0.6) is 0 Å². The molecule has 2 aliphatic rings. The topological polar surface area (TPSA) is 29.1 Å². The molecule has 2 rings (SSSR count). The monoisotopic (exact) mass is 207 g/mol. The van der Waals surface area contributed by atoms with Crippen molar-refractivity contribution >= 4 is 5.78 Å². The minimum atomic E-state index is 0.286. The Balaban J connectivity index is 1.83. The number of ketones is 1. The van der Waals surface area contributed by atoms with Crippen LogP contribution in [0.25, 0.3) is 0 Å². The summed E-state index contributed by atoms with van der Waals surface area (Å²) < 4.78 is 0. The molecular weight excluding hydrogens is 186 g/mol. The molecule has 1 N–H and O–H groups in total. The Bertz CT molecular complexity index is 264. The van der Waals surface area contributed by atoms with Crippen molar-refractivity contribution in [3.63, 3.8) is 0 Å². The number of rotatable bonds is 3. The zero-order valence-electron chi connectivity index (χ0n) is 9.59. The third-order valence-electron chi connectivity index (χ3n) is 3.75.